The SMILES string of the molecule is COCCCc1ccc(-c2nc3ccccc3o2)cc1N.O=[N+]([O-])c1cc(-c2nc3ccccc3o2)ccc1F. The van der Waals surface area contributed by atoms with Crippen molar-refractivity contribution in [3.63, 3.8) is 0 Å². The Balaban J connectivity index is 0.000000162. The molecule has 0 amide bonds. The minimum Gasteiger partial charge on any atom is -0.436 e. The van der Waals surface area contributed by atoms with Gasteiger partial charge in [-0.2, -0.15) is 4.39 Å². The van der Waals surface area contributed by atoms with Crippen molar-refractivity contribution in [1.29, 1.82) is 0 Å². The molecule has 0 aliphatic rings. The number of rotatable bonds is 7. The van der Waals surface area contributed by atoms with Gasteiger partial charge in [0.2, 0.25) is 17.6 Å². The summed E-state index contributed by atoms with van der Waals surface area (Å²) in [6, 6.07) is 24.3. The molecule has 0 saturated heterocycles. The Morgan fingerprint density at radius 2 is 1.45 bits per heavy atom. The van der Waals surface area contributed by atoms with Crippen molar-refractivity contribution in [2.24, 2.45) is 0 Å². The lowest BCUT2D eigenvalue weighted by Crippen LogP contribution is -1.98. The second-order valence-electron chi connectivity index (χ2n) is 8.91. The zero-order valence-corrected chi connectivity index (χ0v) is 21.5. The number of nitrogen functional groups attached to an aromatic ring is 1. The number of methoxy groups -OCH3 is 1. The molecule has 6 aromatic rings. The molecule has 0 fully saturated rings. The fourth-order valence-corrected chi connectivity index (χ4v) is 4.14. The van der Waals surface area contributed by atoms with Crippen molar-refractivity contribution in [1.82, 2.24) is 9.97 Å². The zero-order chi connectivity index (χ0) is 28.1. The summed E-state index contributed by atoms with van der Waals surface area (Å²) in [6.45, 7) is 0.742. The third-order valence-corrected chi connectivity index (χ3v) is 6.16. The largest absolute Gasteiger partial charge is 0.436 e. The lowest BCUT2D eigenvalue weighted by Gasteiger charge is -2.06. The van der Waals surface area contributed by atoms with Crippen molar-refractivity contribution in [3.8, 4) is 22.9 Å². The van der Waals surface area contributed by atoms with E-state index in [1.54, 1.807) is 25.3 Å². The van der Waals surface area contributed by atoms with Gasteiger partial charge in [0.1, 0.15) is 11.0 Å². The fraction of sp³-hybridized carbons (Fsp3) is 0.133. The molecule has 4 aromatic carbocycles. The molecule has 2 aromatic heterocycles. The molecule has 0 aliphatic heterocycles. The van der Waals surface area contributed by atoms with Crippen LogP contribution in [0.2, 0.25) is 0 Å². The van der Waals surface area contributed by atoms with E-state index in [1.807, 2.05) is 48.5 Å². The lowest BCUT2D eigenvalue weighted by atomic mass is 10.0. The number of nitro benzene ring substituents is 1. The molecule has 40 heavy (non-hydrogen) atoms. The minimum absolute atomic E-state index is 0.226. The molecular formula is C30H25FN4O5. The zero-order valence-electron chi connectivity index (χ0n) is 21.5. The first kappa shape index (κ1) is 26.5. The monoisotopic (exact) mass is 540 g/mol. The number of oxazole rings is 2. The molecule has 6 rings (SSSR count). The molecule has 2 N–H and O–H groups in total. The van der Waals surface area contributed by atoms with Crippen LogP contribution in [0.5, 0.6) is 0 Å². The second kappa shape index (κ2) is 11.7. The number of para-hydroxylation sites is 4. The van der Waals surface area contributed by atoms with E-state index in [1.165, 1.54) is 6.07 Å². The maximum Gasteiger partial charge on any atom is 0.305 e. The van der Waals surface area contributed by atoms with Gasteiger partial charge < -0.3 is 19.3 Å². The van der Waals surface area contributed by atoms with Crippen LogP contribution in [0.1, 0.15) is 12.0 Å². The maximum atomic E-state index is 13.2. The number of ether oxygens (including phenoxy) is 1. The standard InChI is InChI=1S/C17H18N2O2.C13H7FN2O3/c1-20-10-4-5-12-8-9-13(11-14(12)18)17-19-15-6-2-3-7-16(15)21-17;14-9-6-5-8(7-11(9)16(17)18)13-15-10-3-1-2-4-12(10)19-13/h2-3,6-9,11H,4-5,10,18H2,1H3;1-7H. The number of nitrogens with zero attached hydrogens (tertiary/aromatic N) is 3. The Morgan fingerprint density at radius 3 is 2.00 bits per heavy atom. The van der Waals surface area contributed by atoms with Crippen molar-refractivity contribution in [3.05, 3.63) is 106 Å². The van der Waals surface area contributed by atoms with Crippen LogP contribution in [-0.2, 0) is 11.2 Å². The Kier molecular flexibility index (Phi) is 7.79. The van der Waals surface area contributed by atoms with Gasteiger partial charge in [-0.3, -0.25) is 10.1 Å². The van der Waals surface area contributed by atoms with Crippen molar-refractivity contribution in [2.75, 3.05) is 19.5 Å². The number of hydrogen-bond acceptors (Lipinski definition) is 8. The number of nitrogens with two attached hydrogens (primary N) is 1. The Bertz CT molecular complexity index is 1730. The van der Waals surface area contributed by atoms with Gasteiger partial charge >= 0.3 is 5.69 Å². The molecule has 0 radical (unpaired) electrons. The number of benzene rings is 4. The summed E-state index contributed by atoms with van der Waals surface area (Å²) in [5.41, 5.74) is 11.6. The van der Waals surface area contributed by atoms with Crippen LogP contribution in [0.4, 0.5) is 15.8 Å². The average molecular weight is 541 g/mol. The number of hydrogen-bond donors (Lipinski definition) is 1. The smallest absolute Gasteiger partial charge is 0.305 e. The Hall–Kier alpha value is -5.09. The highest BCUT2D eigenvalue weighted by molar-refractivity contribution is 5.77. The minimum atomic E-state index is -0.884. The van der Waals surface area contributed by atoms with Gasteiger partial charge in [-0.15, -0.1) is 0 Å². The van der Waals surface area contributed by atoms with Crippen LogP contribution in [0.15, 0.2) is 93.8 Å². The summed E-state index contributed by atoms with van der Waals surface area (Å²) in [7, 11) is 1.71. The molecule has 10 heteroatoms. The lowest BCUT2D eigenvalue weighted by molar-refractivity contribution is -0.387. The van der Waals surface area contributed by atoms with Gasteiger partial charge in [0.05, 0.1) is 4.92 Å². The van der Waals surface area contributed by atoms with E-state index < -0.39 is 16.4 Å². The predicted molar refractivity (Wildman–Crippen MR) is 150 cm³/mol. The van der Waals surface area contributed by atoms with Crippen LogP contribution in [0.25, 0.3) is 45.1 Å². The molecule has 0 saturated carbocycles. The molecule has 2 heterocycles. The Labute approximate surface area is 228 Å². The average Bonchev–Trinajstić information content (AvgIpc) is 3.59. The third-order valence-electron chi connectivity index (χ3n) is 6.16. The fourth-order valence-electron chi connectivity index (χ4n) is 4.14. The van der Waals surface area contributed by atoms with Crippen molar-refractivity contribution in [2.45, 2.75) is 12.8 Å². The first-order chi connectivity index (χ1) is 19.4. The highest BCUT2D eigenvalue weighted by Gasteiger charge is 2.17. The van der Waals surface area contributed by atoms with Gasteiger partial charge in [0, 0.05) is 36.6 Å². The number of fused-ring (bicyclic) bond motifs is 2. The normalized spacial score (nSPS) is 10.9. The molecule has 0 spiro atoms. The first-order valence-corrected chi connectivity index (χ1v) is 12.5. The van der Waals surface area contributed by atoms with Crippen molar-refractivity contribution >= 4 is 33.6 Å². The number of anilines is 1. The predicted octanol–water partition coefficient (Wildman–Crippen LogP) is 7.20. The highest BCUT2D eigenvalue weighted by Crippen LogP contribution is 2.29. The van der Waals surface area contributed by atoms with Gasteiger partial charge in [-0.05, 0) is 66.9 Å². The van der Waals surface area contributed by atoms with E-state index in [2.05, 4.69) is 9.97 Å². The van der Waals surface area contributed by atoms with Crippen LogP contribution < -0.4 is 5.73 Å². The second-order valence-corrected chi connectivity index (χ2v) is 8.91. The maximum absolute atomic E-state index is 13.2. The molecule has 0 atom stereocenters. The van der Waals surface area contributed by atoms with E-state index in [-0.39, 0.29) is 5.89 Å². The molecule has 9 nitrogen and oxygen atoms in total. The third kappa shape index (κ3) is 5.82. The van der Waals surface area contributed by atoms with E-state index in [0.717, 1.165) is 59.5 Å². The van der Waals surface area contributed by atoms with Crippen LogP contribution in [0.3, 0.4) is 0 Å². The van der Waals surface area contributed by atoms with Gasteiger partial charge in [0.15, 0.2) is 11.2 Å². The van der Waals surface area contributed by atoms with Crippen LogP contribution in [-0.4, -0.2) is 28.6 Å². The molecule has 0 bridgehead atoms. The van der Waals surface area contributed by atoms with E-state index in [4.69, 9.17) is 19.3 Å². The summed E-state index contributed by atoms with van der Waals surface area (Å²) >= 11 is 0. The number of nitro groups is 1. The van der Waals surface area contributed by atoms with Gasteiger partial charge in [-0.25, -0.2) is 9.97 Å². The van der Waals surface area contributed by atoms with E-state index in [9.17, 15) is 14.5 Å². The molecule has 0 unspecified atom stereocenters. The summed E-state index contributed by atoms with van der Waals surface area (Å²) in [4.78, 5) is 18.6. The quantitative estimate of drug-likeness (QED) is 0.0973. The van der Waals surface area contributed by atoms with E-state index >= 15 is 0 Å². The summed E-state index contributed by atoms with van der Waals surface area (Å²) < 4.78 is 29.5. The highest BCUT2D eigenvalue weighted by atomic mass is 19.1. The molecule has 0 aliphatic carbocycles. The summed E-state index contributed by atoms with van der Waals surface area (Å²) in [5.74, 6) is -0.0551. The Morgan fingerprint density at radius 1 is 0.875 bits per heavy atom. The first-order valence-electron chi connectivity index (χ1n) is 12.5. The number of halogens is 1. The molecular weight excluding hydrogens is 515 g/mol. The number of aryl methyl sites for hydroxylation is 1. The van der Waals surface area contributed by atoms with Crippen molar-refractivity contribution < 1.29 is 22.9 Å². The number of aromatic nitrogens is 2. The van der Waals surface area contributed by atoms with E-state index in [0.29, 0.717) is 22.6 Å². The topological polar surface area (TPSA) is 130 Å². The summed E-state index contributed by atoms with van der Waals surface area (Å²) in [6.07, 6.45) is 1.87. The van der Waals surface area contributed by atoms with Gasteiger partial charge in [-0.1, -0.05) is 30.3 Å². The summed E-state index contributed by atoms with van der Waals surface area (Å²) in [5, 5.41) is 10.7. The van der Waals surface area contributed by atoms with Crippen LogP contribution >= 0.6 is 0 Å². The van der Waals surface area contributed by atoms with Gasteiger partial charge in [0.25, 0.3) is 0 Å². The van der Waals surface area contributed by atoms with Crippen LogP contribution in [0, 0.1) is 15.9 Å². The molecule has 202 valence electrons.